The number of hydrogen-bond acceptors (Lipinski definition) is 3. The van der Waals surface area contributed by atoms with E-state index in [-0.39, 0.29) is 5.75 Å². The minimum atomic E-state index is 0.269. The van der Waals surface area contributed by atoms with Crippen molar-refractivity contribution in [3.05, 3.63) is 29.8 Å². The lowest BCUT2D eigenvalue weighted by Crippen LogP contribution is -1.96. The van der Waals surface area contributed by atoms with Crippen LogP contribution in [0.25, 0.3) is 0 Å². The molecule has 0 aliphatic carbocycles. The summed E-state index contributed by atoms with van der Waals surface area (Å²) in [6.07, 6.45) is 0. The van der Waals surface area contributed by atoms with Gasteiger partial charge < -0.3 is 14.6 Å². The molecule has 1 aromatic rings. The number of rotatable bonds is 4. The minimum absolute atomic E-state index is 0.269. The van der Waals surface area contributed by atoms with Crippen molar-refractivity contribution in [1.29, 1.82) is 0 Å². The SMILES string of the molecule is COCOCc1ccc(O)cc1. The highest BCUT2D eigenvalue weighted by molar-refractivity contribution is 5.25. The number of aromatic hydroxyl groups is 1. The molecule has 0 saturated heterocycles. The van der Waals surface area contributed by atoms with E-state index in [4.69, 9.17) is 14.6 Å². The minimum Gasteiger partial charge on any atom is -0.508 e. The molecular weight excluding hydrogens is 156 g/mol. The number of phenols is 1. The fraction of sp³-hybridized carbons (Fsp3) is 0.333. The summed E-state index contributed by atoms with van der Waals surface area (Å²) in [4.78, 5) is 0. The van der Waals surface area contributed by atoms with Gasteiger partial charge in [-0.25, -0.2) is 0 Å². The summed E-state index contributed by atoms with van der Waals surface area (Å²) in [5, 5.41) is 8.96. The van der Waals surface area contributed by atoms with E-state index in [1.54, 1.807) is 19.2 Å². The summed E-state index contributed by atoms with van der Waals surface area (Å²) in [6.45, 7) is 0.801. The Labute approximate surface area is 71.5 Å². The third kappa shape index (κ3) is 2.90. The summed E-state index contributed by atoms with van der Waals surface area (Å²) < 4.78 is 9.82. The van der Waals surface area contributed by atoms with Crippen LogP contribution >= 0.6 is 0 Å². The van der Waals surface area contributed by atoms with E-state index in [9.17, 15) is 0 Å². The van der Waals surface area contributed by atoms with Crippen LogP contribution in [0.4, 0.5) is 0 Å². The van der Waals surface area contributed by atoms with Crippen molar-refractivity contribution < 1.29 is 14.6 Å². The Hall–Kier alpha value is -1.06. The standard InChI is InChI=1S/C9H12O3/c1-11-7-12-6-8-2-4-9(10)5-3-8/h2-5,10H,6-7H2,1H3. The van der Waals surface area contributed by atoms with Gasteiger partial charge in [0.2, 0.25) is 0 Å². The van der Waals surface area contributed by atoms with Crippen molar-refractivity contribution in [2.24, 2.45) is 0 Å². The van der Waals surface area contributed by atoms with Crippen molar-refractivity contribution in [3.63, 3.8) is 0 Å². The van der Waals surface area contributed by atoms with Gasteiger partial charge in [-0.2, -0.15) is 0 Å². The monoisotopic (exact) mass is 168 g/mol. The molecule has 3 nitrogen and oxygen atoms in total. The molecular formula is C9H12O3. The average Bonchev–Trinajstić information content (AvgIpc) is 2.09. The Morgan fingerprint density at radius 2 is 1.92 bits per heavy atom. The fourth-order valence-corrected chi connectivity index (χ4v) is 0.835. The van der Waals surface area contributed by atoms with Gasteiger partial charge in [-0.3, -0.25) is 0 Å². The Bertz CT molecular complexity index is 218. The molecule has 66 valence electrons. The molecule has 3 heteroatoms. The normalized spacial score (nSPS) is 10.1. The van der Waals surface area contributed by atoms with Crippen molar-refractivity contribution in [1.82, 2.24) is 0 Å². The molecule has 12 heavy (non-hydrogen) atoms. The van der Waals surface area contributed by atoms with Gasteiger partial charge in [-0.05, 0) is 17.7 Å². The molecule has 1 N–H and O–H groups in total. The maximum Gasteiger partial charge on any atom is 0.146 e. The molecule has 0 fully saturated rings. The number of benzene rings is 1. The zero-order valence-electron chi connectivity index (χ0n) is 6.99. The molecule has 0 spiro atoms. The molecule has 0 heterocycles. The molecule has 0 radical (unpaired) electrons. The lowest BCUT2D eigenvalue weighted by atomic mass is 10.2. The van der Waals surface area contributed by atoms with Crippen molar-refractivity contribution in [3.8, 4) is 5.75 Å². The number of hydrogen-bond donors (Lipinski definition) is 1. The van der Waals surface area contributed by atoms with Gasteiger partial charge in [0.1, 0.15) is 12.5 Å². The fourth-order valence-electron chi connectivity index (χ4n) is 0.835. The van der Waals surface area contributed by atoms with Crippen LogP contribution in [-0.4, -0.2) is 19.0 Å². The van der Waals surface area contributed by atoms with Crippen LogP contribution in [0.2, 0.25) is 0 Å². The number of ether oxygens (including phenoxy) is 2. The van der Waals surface area contributed by atoms with Crippen molar-refractivity contribution in [2.45, 2.75) is 6.61 Å². The molecule has 0 saturated carbocycles. The highest BCUT2D eigenvalue weighted by Crippen LogP contribution is 2.09. The second kappa shape index (κ2) is 4.74. The van der Waals surface area contributed by atoms with Crippen molar-refractivity contribution in [2.75, 3.05) is 13.9 Å². The summed E-state index contributed by atoms with van der Waals surface area (Å²) in [6, 6.07) is 6.88. The predicted octanol–water partition coefficient (Wildman–Crippen LogP) is 1.51. The van der Waals surface area contributed by atoms with Crippen LogP contribution in [0.1, 0.15) is 5.56 Å². The molecule has 0 aliphatic heterocycles. The Morgan fingerprint density at radius 3 is 2.50 bits per heavy atom. The molecule has 0 aromatic heterocycles. The molecule has 0 bridgehead atoms. The van der Waals surface area contributed by atoms with E-state index < -0.39 is 0 Å². The Morgan fingerprint density at radius 1 is 1.25 bits per heavy atom. The van der Waals surface area contributed by atoms with Gasteiger partial charge in [-0.15, -0.1) is 0 Å². The van der Waals surface area contributed by atoms with Crippen LogP contribution in [0.5, 0.6) is 5.75 Å². The van der Waals surface area contributed by atoms with Gasteiger partial charge in [0, 0.05) is 7.11 Å². The van der Waals surface area contributed by atoms with E-state index in [1.165, 1.54) is 0 Å². The molecule has 0 atom stereocenters. The van der Waals surface area contributed by atoms with E-state index in [0.717, 1.165) is 5.56 Å². The summed E-state index contributed by atoms with van der Waals surface area (Å²) in [5.41, 5.74) is 1.02. The van der Waals surface area contributed by atoms with E-state index in [0.29, 0.717) is 13.4 Å². The lowest BCUT2D eigenvalue weighted by Gasteiger charge is -2.02. The van der Waals surface area contributed by atoms with Gasteiger partial charge in [-0.1, -0.05) is 12.1 Å². The highest BCUT2D eigenvalue weighted by Gasteiger charge is 1.92. The Balaban J connectivity index is 2.37. The van der Waals surface area contributed by atoms with E-state index in [1.807, 2.05) is 12.1 Å². The zero-order chi connectivity index (χ0) is 8.81. The maximum atomic E-state index is 8.96. The second-order valence-corrected chi connectivity index (χ2v) is 2.42. The van der Waals surface area contributed by atoms with Crippen LogP contribution < -0.4 is 0 Å². The molecule has 1 aromatic carbocycles. The molecule has 0 unspecified atom stereocenters. The van der Waals surface area contributed by atoms with Crippen LogP contribution in [0.3, 0.4) is 0 Å². The quantitative estimate of drug-likeness (QED) is 0.547. The Kier molecular flexibility index (Phi) is 3.57. The third-order valence-electron chi connectivity index (χ3n) is 1.41. The van der Waals surface area contributed by atoms with Gasteiger partial charge in [0.25, 0.3) is 0 Å². The topological polar surface area (TPSA) is 38.7 Å². The van der Waals surface area contributed by atoms with E-state index in [2.05, 4.69) is 0 Å². The summed E-state index contributed by atoms with van der Waals surface area (Å²) in [7, 11) is 1.58. The average molecular weight is 168 g/mol. The zero-order valence-corrected chi connectivity index (χ0v) is 6.99. The van der Waals surface area contributed by atoms with Gasteiger partial charge in [0.15, 0.2) is 0 Å². The number of methoxy groups -OCH3 is 1. The van der Waals surface area contributed by atoms with Crippen molar-refractivity contribution >= 4 is 0 Å². The first-order valence-corrected chi connectivity index (χ1v) is 3.67. The first kappa shape index (κ1) is 9.03. The summed E-state index contributed by atoms with van der Waals surface area (Å²) >= 11 is 0. The lowest BCUT2D eigenvalue weighted by molar-refractivity contribution is -0.0390. The maximum absolute atomic E-state index is 8.96. The first-order valence-electron chi connectivity index (χ1n) is 3.67. The summed E-state index contributed by atoms with van der Waals surface area (Å²) in [5.74, 6) is 0.269. The second-order valence-electron chi connectivity index (χ2n) is 2.42. The van der Waals surface area contributed by atoms with Gasteiger partial charge in [0.05, 0.1) is 6.61 Å². The third-order valence-corrected chi connectivity index (χ3v) is 1.41. The number of phenolic OH excluding ortho intramolecular Hbond substituents is 1. The van der Waals surface area contributed by atoms with Crippen LogP contribution in [0, 0.1) is 0 Å². The molecule has 1 rings (SSSR count). The molecule has 0 aliphatic rings. The largest absolute Gasteiger partial charge is 0.508 e. The highest BCUT2D eigenvalue weighted by atomic mass is 16.7. The molecule has 0 amide bonds. The van der Waals surface area contributed by atoms with Crippen LogP contribution in [0.15, 0.2) is 24.3 Å². The smallest absolute Gasteiger partial charge is 0.146 e. The van der Waals surface area contributed by atoms with Gasteiger partial charge >= 0.3 is 0 Å². The van der Waals surface area contributed by atoms with E-state index >= 15 is 0 Å². The van der Waals surface area contributed by atoms with Crippen LogP contribution in [-0.2, 0) is 16.1 Å². The predicted molar refractivity (Wildman–Crippen MR) is 44.8 cm³/mol. The first-order chi connectivity index (χ1) is 5.83.